The van der Waals surface area contributed by atoms with Crippen molar-refractivity contribution in [2.75, 3.05) is 0 Å². The van der Waals surface area contributed by atoms with Gasteiger partial charge >= 0.3 is 0 Å². The largest absolute Gasteiger partial charge is 0.334 e. The molecule has 7 heteroatoms. The van der Waals surface area contributed by atoms with E-state index in [9.17, 15) is 8.78 Å². The lowest BCUT2D eigenvalue weighted by Gasteiger charge is -2.34. The Labute approximate surface area is 118 Å². The summed E-state index contributed by atoms with van der Waals surface area (Å²) in [5.41, 5.74) is 6.12. The van der Waals surface area contributed by atoms with E-state index in [2.05, 4.69) is 10.1 Å². The molecular formula is C13H13F2N3OS. The van der Waals surface area contributed by atoms with Crippen molar-refractivity contribution >= 4 is 11.8 Å². The normalized spacial score (nSPS) is 17.2. The summed E-state index contributed by atoms with van der Waals surface area (Å²) >= 11 is 0.464. The molecule has 0 saturated heterocycles. The van der Waals surface area contributed by atoms with E-state index in [0.717, 1.165) is 19.3 Å². The average Bonchev–Trinajstić information content (AvgIpc) is 2.85. The van der Waals surface area contributed by atoms with Crippen LogP contribution in [0, 0.1) is 0 Å². The zero-order valence-corrected chi connectivity index (χ0v) is 11.4. The fourth-order valence-corrected chi connectivity index (χ4v) is 2.79. The lowest BCUT2D eigenvalue weighted by molar-refractivity contribution is 0.229. The Hall–Kier alpha value is -1.47. The molecule has 1 saturated carbocycles. The van der Waals surface area contributed by atoms with E-state index in [1.54, 1.807) is 24.3 Å². The smallest absolute Gasteiger partial charge is 0.288 e. The van der Waals surface area contributed by atoms with Crippen molar-refractivity contribution in [3.05, 3.63) is 30.1 Å². The second kappa shape index (κ2) is 5.14. The van der Waals surface area contributed by atoms with E-state index in [-0.39, 0.29) is 5.89 Å². The summed E-state index contributed by atoms with van der Waals surface area (Å²) < 4.78 is 30.3. The molecule has 4 nitrogen and oxygen atoms in total. The number of benzene rings is 1. The molecule has 1 heterocycles. The third-order valence-electron chi connectivity index (χ3n) is 3.45. The maximum atomic E-state index is 12.6. The molecule has 1 fully saturated rings. The molecule has 1 aliphatic carbocycles. The van der Waals surface area contributed by atoms with Crippen LogP contribution in [0.1, 0.15) is 25.1 Å². The van der Waals surface area contributed by atoms with Crippen molar-refractivity contribution in [3.8, 4) is 11.5 Å². The summed E-state index contributed by atoms with van der Waals surface area (Å²) in [7, 11) is 0. The number of hydrogen-bond donors (Lipinski definition) is 1. The Morgan fingerprint density at radius 3 is 2.70 bits per heavy atom. The molecule has 3 rings (SSSR count). The van der Waals surface area contributed by atoms with Crippen molar-refractivity contribution in [3.63, 3.8) is 0 Å². The van der Waals surface area contributed by atoms with E-state index >= 15 is 0 Å². The standard InChI is InChI=1S/C13H13F2N3OS/c14-12(15)20-9-5-2-1-4-8(9)10-17-11(18-19-10)13(16)6-3-7-13/h1-2,4-5,12H,3,6-7,16H2. The first-order valence-corrected chi connectivity index (χ1v) is 7.14. The Balaban J connectivity index is 1.93. The topological polar surface area (TPSA) is 64.9 Å². The molecule has 0 amide bonds. The third-order valence-corrected chi connectivity index (χ3v) is 4.24. The molecule has 2 N–H and O–H groups in total. The van der Waals surface area contributed by atoms with E-state index < -0.39 is 11.3 Å². The highest BCUT2D eigenvalue weighted by Crippen LogP contribution is 2.39. The van der Waals surface area contributed by atoms with Gasteiger partial charge in [0.1, 0.15) is 0 Å². The first kappa shape index (κ1) is 13.5. The molecule has 2 aromatic rings. The van der Waals surface area contributed by atoms with Gasteiger partial charge in [0.15, 0.2) is 5.82 Å². The Morgan fingerprint density at radius 2 is 2.05 bits per heavy atom. The minimum Gasteiger partial charge on any atom is -0.334 e. The molecule has 1 aliphatic rings. The predicted octanol–water partition coefficient (Wildman–Crippen LogP) is 3.39. The van der Waals surface area contributed by atoms with Gasteiger partial charge in [-0.3, -0.25) is 0 Å². The lowest BCUT2D eigenvalue weighted by atomic mass is 9.77. The minimum atomic E-state index is -2.49. The number of halogens is 2. The quantitative estimate of drug-likeness (QED) is 0.876. The summed E-state index contributed by atoms with van der Waals surface area (Å²) in [4.78, 5) is 4.70. The summed E-state index contributed by atoms with van der Waals surface area (Å²) in [6.45, 7) is 0. The summed E-state index contributed by atoms with van der Waals surface area (Å²) in [5.74, 6) is -1.80. The number of aromatic nitrogens is 2. The SMILES string of the molecule is NC1(c2noc(-c3ccccc3SC(F)F)n2)CCC1. The first-order chi connectivity index (χ1) is 9.58. The van der Waals surface area contributed by atoms with Gasteiger partial charge in [-0.05, 0) is 31.4 Å². The van der Waals surface area contributed by atoms with Crippen LogP contribution in [0.25, 0.3) is 11.5 Å². The number of thioether (sulfide) groups is 1. The van der Waals surface area contributed by atoms with Gasteiger partial charge in [0.05, 0.1) is 11.1 Å². The van der Waals surface area contributed by atoms with E-state index in [4.69, 9.17) is 10.3 Å². The van der Waals surface area contributed by atoms with Crippen molar-refractivity contribution in [1.82, 2.24) is 10.1 Å². The van der Waals surface area contributed by atoms with Crippen LogP contribution in [0.15, 0.2) is 33.7 Å². The molecule has 0 bridgehead atoms. The molecule has 0 atom stereocenters. The first-order valence-electron chi connectivity index (χ1n) is 6.26. The molecule has 0 radical (unpaired) electrons. The number of rotatable bonds is 4. The van der Waals surface area contributed by atoms with Crippen LogP contribution in [0.3, 0.4) is 0 Å². The molecule has 20 heavy (non-hydrogen) atoms. The second-order valence-corrected chi connectivity index (χ2v) is 5.84. The Morgan fingerprint density at radius 1 is 1.30 bits per heavy atom. The van der Waals surface area contributed by atoms with Gasteiger partial charge in [0.2, 0.25) is 0 Å². The van der Waals surface area contributed by atoms with Gasteiger partial charge in [-0.2, -0.15) is 13.8 Å². The molecule has 0 spiro atoms. The zero-order valence-electron chi connectivity index (χ0n) is 10.6. The fourth-order valence-electron chi connectivity index (χ4n) is 2.16. The number of nitrogens with zero attached hydrogens (tertiary/aromatic N) is 2. The van der Waals surface area contributed by atoms with Crippen LogP contribution in [-0.4, -0.2) is 15.9 Å². The molecule has 0 aliphatic heterocycles. The number of alkyl halides is 2. The highest BCUT2D eigenvalue weighted by Gasteiger charge is 2.39. The van der Waals surface area contributed by atoms with E-state index in [1.807, 2.05) is 0 Å². The van der Waals surface area contributed by atoms with Crippen LogP contribution < -0.4 is 5.73 Å². The fraction of sp³-hybridized carbons (Fsp3) is 0.385. The van der Waals surface area contributed by atoms with Gasteiger partial charge in [-0.15, -0.1) is 0 Å². The van der Waals surface area contributed by atoms with Gasteiger partial charge in [-0.25, -0.2) is 0 Å². The van der Waals surface area contributed by atoms with Crippen LogP contribution in [0.5, 0.6) is 0 Å². The molecule has 106 valence electrons. The highest BCUT2D eigenvalue weighted by atomic mass is 32.2. The van der Waals surface area contributed by atoms with Gasteiger partial charge in [0, 0.05) is 4.90 Å². The Bertz CT molecular complexity index is 613. The van der Waals surface area contributed by atoms with Gasteiger partial charge in [-0.1, -0.05) is 29.1 Å². The minimum absolute atomic E-state index is 0.237. The van der Waals surface area contributed by atoms with Crippen LogP contribution >= 0.6 is 11.8 Å². The molecule has 0 unspecified atom stereocenters. The maximum absolute atomic E-state index is 12.6. The van der Waals surface area contributed by atoms with Crippen LogP contribution in [0.4, 0.5) is 8.78 Å². The summed E-state index contributed by atoms with van der Waals surface area (Å²) in [5, 5.41) is 3.90. The van der Waals surface area contributed by atoms with Crippen molar-refractivity contribution in [2.24, 2.45) is 5.73 Å². The maximum Gasteiger partial charge on any atom is 0.288 e. The van der Waals surface area contributed by atoms with Gasteiger partial charge in [0.25, 0.3) is 11.6 Å². The predicted molar refractivity (Wildman–Crippen MR) is 71.3 cm³/mol. The molecule has 1 aromatic heterocycles. The summed E-state index contributed by atoms with van der Waals surface area (Å²) in [6, 6.07) is 6.74. The monoisotopic (exact) mass is 297 g/mol. The molecule has 1 aromatic carbocycles. The van der Waals surface area contributed by atoms with E-state index in [0.29, 0.717) is 28.0 Å². The average molecular weight is 297 g/mol. The summed E-state index contributed by atoms with van der Waals surface area (Å²) in [6.07, 6.45) is 2.68. The van der Waals surface area contributed by atoms with Crippen LogP contribution in [0.2, 0.25) is 0 Å². The van der Waals surface area contributed by atoms with E-state index in [1.165, 1.54) is 0 Å². The Kier molecular flexibility index (Phi) is 3.47. The van der Waals surface area contributed by atoms with Crippen molar-refractivity contribution in [2.45, 2.75) is 35.5 Å². The third kappa shape index (κ3) is 2.43. The molecular weight excluding hydrogens is 284 g/mol. The lowest BCUT2D eigenvalue weighted by Crippen LogP contribution is -2.44. The second-order valence-electron chi connectivity index (χ2n) is 4.81. The number of hydrogen-bond acceptors (Lipinski definition) is 5. The zero-order chi connectivity index (χ0) is 14.2. The van der Waals surface area contributed by atoms with Crippen molar-refractivity contribution in [1.29, 1.82) is 0 Å². The number of nitrogens with two attached hydrogens (primary N) is 1. The van der Waals surface area contributed by atoms with Gasteiger partial charge < -0.3 is 10.3 Å². The van der Waals surface area contributed by atoms with Crippen LogP contribution in [-0.2, 0) is 5.54 Å². The highest BCUT2D eigenvalue weighted by molar-refractivity contribution is 7.99. The van der Waals surface area contributed by atoms with Crippen molar-refractivity contribution < 1.29 is 13.3 Å².